The molecule has 0 unspecified atom stereocenters. The largest absolute Gasteiger partial charge is 0.480 e. The van der Waals surface area contributed by atoms with Crippen LogP contribution in [-0.2, 0) is 9.59 Å². The average Bonchev–Trinajstić information content (AvgIpc) is 2.36. The molecule has 1 rings (SSSR count). The molecule has 0 atom stereocenters. The van der Waals surface area contributed by atoms with Crippen molar-refractivity contribution in [2.75, 3.05) is 12.4 Å². The smallest absolute Gasteiger partial charge is 0.325 e. The van der Waals surface area contributed by atoms with E-state index in [1.54, 1.807) is 6.07 Å². The lowest BCUT2D eigenvalue weighted by molar-refractivity contribution is -0.145. The first-order valence-corrected chi connectivity index (χ1v) is 6.49. The monoisotopic (exact) mass is 338 g/mol. The SMILES string of the molecule is O=C(O)CN(NC(=O)c1c(Cl)cccc1Cl)C(=O)CCl. The van der Waals surface area contributed by atoms with Gasteiger partial charge >= 0.3 is 5.97 Å². The number of nitrogens with zero attached hydrogens (tertiary/aromatic N) is 1. The highest BCUT2D eigenvalue weighted by molar-refractivity contribution is 6.39. The second-order valence-electron chi connectivity index (χ2n) is 3.54. The fourth-order valence-corrected chi connectivity index (χ4v) is 2.00. The Balaban J connectivity index is 2.96. The maximum atomic E-state index is 12.0. The highest BCUT2D eigenvalue weighted by Gasteiger charge is 2.21. The molecule has 0 aliphatic carbocycles. The third kappa shape index (κ3) is 4.26. The van der Waals surface area contributed by atoms with Crippen molar-refractivity contribution in [1.82, 2.24) is 10.4 Å². The molecule has 2 amide bonds. The predicted molar refractivity (Wildman–Crippen MR) is 74.0 cm³/mol. The molecular weight excluding hydrogens is 330 g/mol. The first-order valence-electron chi connectivity index (χ1n) is 5.20. The summed E-state index contributed by atoms with van der Waals surface area (Å²) in [5.41, 5.74) is 2.05. The highest BCUT2D eigenvalue weighted by atomic mass is 35.5. The zero-order valence-corrected chi connectivity index (χ0v) is 12.2. The van der Waals surface area contributed by atoms with Crippen LogP contribution in [0.3, 0.4) is 0 Å². The molecule has 0 radical (unpaired) electrons. The van der Waals surface area contributed by atoms with E-state index in [1.165, 1.54) is 12.1 Å². The molecule has 0 heterocycles. The summed E-state index contributed by atoms with van der Waals surface area (Å²) in [6.07, 6.45) is 0. The van der Waals surface area contributed by atoms with Crippen LogP contribution >= 0.6 is 34.8 Å². The van der Waals surface area contributed by atoms with Gasteiger partial charge in [0.25, 0.3) is 11.8 Å². The minimum atomic E-state index is -1.31. The Bertz CT molecular complexity index is 530. The number of alkyl halides is 1. The molecule has 9 heteroatoms. The number of amides is 2. The summed E-state index contributed by atoms with van der Waals surface area (Å²) in [7, 11) is 0. The molecule has 0 aliphatic heterocycles. The zero-order valence-electron chi connectivity index (χ0n) is 9.90. The van der Waals surface area contributed by atoms with E-state index in [4.69, 9.17) is 39.9 Å². The van der Waals surface area contributed by atoms with Crippen molar-refractivity contribution in [1.29, 1.82) is 0 Å². The van der Waals surface area contributed by atoms with Crippen molar-refractivity contribution in [3.63, 3.8) is 0 Å². The third-order valence-electron chi connectivity index (χ3n) is 2.14. The van der Waals surface area contributed by atoms with Crippen LogP contribution in [0.25, 0.3) is 0 Å². The highest BCUT2D eigenvalue weighted by Crippen LogP contribution is 2.24. The van der Waals surface area contributed by atoms with E-state index < -0.39 is 30.2 Å². The van der Waals surface area contributed by atoms with E-state index in [0.717, 1.165) is 0 Å². The van der Waals surface area contributed by atoms with Crippen molar-refractivity contribution in [3.05, 3.63) is 33.8 Å². The number of aliphatic carboxylic acids is 1. The van der Waals surface area contributed by atoms with E-state index in [0.29, 0.717) is 5.01 Å². The molecule has 20 heavy (non-hydrogen) atoms. The minimum absolute atomic E-state index is 0.0615. The lowest BCUT2D eigenvalue weighted by Crippen LogP contribution is -2.49. The summed E-state index contributed by atoms with van der Waals surface area (Å²) in [6, 6.07) is 4.42. The van der Waals surface area contributed by atoms with Crippen LogP contribution in [0, 0.1) is 0 Å². The molecule has 0 saturated heterocycles. The number of hydrogen-bond donors (Lipinski definition) is 2. The number of rotatable bonds is 4. The maximum absolute atomic E-state index is 12.0. The standard InChI is InChI=1S/C11H9Cl3N2O4/c12-4-8(17)16(5-9(18)19)15-11(20)10-6(13)2-1-3-7(10)14/h1-3H,4-5H2,(H,15,20)(H,18,19). The molecular formula is C11H9Cl3N2O4. The van der Waals surface area contributed by atoms with Crippen LogP contribution in [0.4, 0.5) is 0 Å². The number of hydrogen-bond acceptors (Lipinski definition) is 3. The van der Waals surface area contributed by atoms with E-state index >= 15 is 0 Å². The lowest BCUT2D eigenvalue weighted by atomic mass is 10.2. The molecule has 0 aromatic heterocycles. The minimum Gasteiger partial charge on any atom is -0.480 e. The van der Waals surface area contributed by atoms with Gasteiger partial charge < -0.3 is 5.11 Å². The van der Waals surface area contributed by atoms with Crippen LogP contribution in [-0.4, -0.2) is 40.3 Å². The number of halogens is 3. The van der Waals surface area contributed by atoms with Gasteiger partial charge in [-0.25, -0.2) is 5.01 Å². The summed E-state index contributed by atoms with van der Waals surface area (Å²) in [5.74, 6) is -3.37. The van der Waals surface area contributed by atoms with Crippen LogP contribution < -0.4 is 5.43 Å². The number of carbonyl (C=O) groups is 3. The van der Waals surface area contributed by atoms with Crippen molar-refractivity contribution in [2.24, 2.45) is 0 Å². The van der Waals surface area contributed by atoms with Gasteiger partial charge in [0.15, 0.2) is 0 Å². The fraction of sp³-hybridized carbons (Fsp3) is 0.182. The van der Waals surface area contributed by atoms with Gasteiger partial charge in [0.1, 0.15) is 12.4 Å². The van der Waals surface area contributed by atoms with Crippen LogP contribution in [0.2, 0.25) is 10.0 Å². The molecule has 0 spiro atoms. The van der Waals surface area contributed by atoms with Gasteiger partial charge in [-0.1, -0.05) is 29.3 Å². The normalized spacial score (nSPS) is 9.95. The van der Waals surface area contributed by atoms with Crippen molar-refractivity contribution in [2.45, 2.75) is 0 Å². The molecule has 0 bridgehead atoms. The summed E-state index contributed by atoms with van der Waals surface area (Å²) < 4.78 is 0. The van der Waals surface area contributed by atoms with Crippen LogP contribution in [0.15, 0.2) is 18.2 Å². The Labute approximate surface area is 129 Å². The molecule has 2 N–H and O–H groups in total. The van der Waals surface area contributed by atoms with Gasteiger partial charge in [0, 0.05) is 0 Å². The van der Waals surface area contributed by atoms with Crippen molar-refractivity contribution in [3.8, 4) is 0 Å². The van der Waals surface area contributed by atoms with Gasteiger partial charge in [0.05, 0.1) is 15.6 Å². The molecule has 0 fully saturated rings. The number of carboxylic acid groups (broad SMARTS) is 1. The number of nitrogens with one attached hydrogen (secondary N) is 1. The second-order valence-corrected chi connectivity index (χ2v) is 4.63. The summed E-state index contributed by atoms with van der Waals surface area (Å²) >= 11 is 17.0. The van der Waals surface area contributed by atoms with Gasteiger partial charge in [-0.3, -0.25) is 19.8 Å². The first kappa shape index (κ1) is 16.6. The zero-order chi connectivity index (χ0) is 15.3. The molecule has 1 aromatic carbocycles. The summed E-state index contributed by atoms with van der Waals surface area (Å²) in [4.78, 5) is 34.1. The van der Waals surface area contributed by atoms with E-state index in [-0.39, 0.29) is 15.6 Å². The number of carboxylic acids is 1. The van der Waals surface area contributed by atoms with Gasteiger partial charge in [-0.05, 0) is 12.1 Å². The molecule has 1 aromatic rings. The number of hydrazine groups is 1. The predicted octanol–water partition coefficient (Wildman–Crippen LogP) is 1.79. The van der Waals surface area contributed by atoms with E-state index in [1.807, 2.05) is 0 Å². The Morgan fingerprint density at radius 3 is 2.20 bits per heavy atom. The van der Waals surface area contributed by atoms with Crippen molar-refractivity contribution < 1.29 is 19.5 Å². The fourth-order valence-electron chi connectivity index (χ4n) is 1.29. The van der Waals surface area contributed by atoms with E-state index in [9.17, 15) is 14.4 Å². The van der Waals surface area contributed by atoms with Gasteiger partial charge in [-0.2, -0.15) is 0 Å². The Kier molecular flexibility index (Phi) is 6.06. The summed E-state index contributed by atoms with van der Waals surface area (Å²) in [6.45, 7) is -0.737. The van der Waals surface area contributed by atoms with Gasteiger partial charge in [-0.15, -0.1) is 11.6 Å². The average molecular weight is 340 g/mol. The van der Waals surface area contributed by atoms with Gasteiger partial charge in [0.2, 0.25) is 0 Å². The Morgan fingerprint density at radius 1 is 1.20 bits per heavy atom. The second kappa shape index (κ2) is 7.33. The first-order chi connectivity index (χ1) is 9.36. The molecule has 0 saturated carbocycles. The number of carbonyl (C=O) groups excluding carboxylic acids is 2. The van der Waals surface area contributed by atoms with Crippen LogP contribution in [0.5, 0.6) is 0 Å². The molecule has 108 valence electrons. The number of benzene rings is 1. The maximum Gasteiger partial charge on any atom is 0.325 e. The van der Waals surface area contributed by atoms with Crippen molar-refractivity contribution >= 4 is 52.6 Å². The molecule has 6 nitrogen and oxygen atoms in total. The molecule has 0 aliphatic rings. The Morgan fingerprint density at radius 2 is 1.75 bits per heavy atom. The van der Waals surface area contributed by atoms with Crippen LogP contribution in [0.1, 0.15) is 10.4 Å². The van der Waals surface area contributed by atoms with E-state index in [2.05, 4.69) is 5.43 Å². The topological polar surface area (TPSA) is 86.7 Å². The third-order valence-corrected chi connectivity index (χ3v) is 2.99. The lowest BCUT2D eigenvalue weighted by Gasteiger charge is -2.21. The Hall–Kier alpha value is -1.50. The summed E-state index contributed by atoms with van der Waals surface area (Å²) in [5, 5.41) is 9.41. The quantitative estimate of drug-likeness (QED) is 0.647.